The van der Waals surface area contributed by atoms with Gasteiger partial charge in [0, 0.05) is 53.2 Å². The molecule has 19 nitrogen and oxygen atoms in total. The minimum atomic E-state index is -4.04. The molecular formula is C23H48O19P3-3. The summed E-state index contributed by atoms with van der Waals surface area (Å²) >= 11 is 0. The summed E-state index contributed by atoms with van der Waals surface area (Å²) in [6, 6.07) is 0. The Morgan fingerprint density at radius 2 is 1.09 bits per heavy atom. The van der Waals surface area contributed by atoms with E-state index in [-0.39, 0.29) is 25.7 Å². The van der Waals surface area contributed by atoms with Gasteiger partial charge in [-0.3, -0.25) is 0 Å². The van der Waals surface area contributed by atoms with Crippen LogP contribution in [0.15, 0.2) is 0 Å². The van der Waals surface area contributed by atoms with Crippen molar-refractivity contribution in [2.24, 2.45) is 11.8 Å². The van der Waals surface area contributed by atoms with Crippen LogP contribution in [0.1, 0.15) is 13.8 Å². The summed E-state index contributed by atoms with van der Waals surface area (Å²) in [6.07, 6.45) is -8.83. The van der Waals surface area contributed by atoms with Crippen LogP contribution in [0.4, 0.5) is 0 Å². The van der Waals surface area contributed by atoms with E-state index in [1.165, 1.54) is 14.2 Å². The first-order valence-corrected chi connectivity index (χ1v) is 19.5. The van der Waals surface area contributed by atoms with Crippen molar-refractivity contribution >= 4 is 22.8 Å². The summed E-state index contributed by atoms with van der Waals surface area (Å²) in [6.45, 7) is 5.01. The van der Waals surface area contributed by atoms with Crippen molar-refractivity contribution in [3.05, 3.63) is 0 Å². The van der Waals surface area contributed by atoms with Gasteiger partial charge in [-0.2, -0.15) is 0 Å². The standard InChI is InChI=1S/C13H27O10P.C8H17O6P.C2H7O3P/c1-7-12(23-24(3,18)19)10(4-14)22-13(7)21-6-9(16)11(17)8(15)5-20-2;1-5-7(14-15(3,10)11)6(4-9)13-8(5)12-2;1-5-6(2,3)4/h7-17H,4-6H2,1-3H3,(H,18,19);5-9H,4H2,1-3H3,(H,10,11);1-2H3,(H,3,4)/p-3/t7-,8?,9?,10+,11?,12?,13+;5-,6+,7?,8+;/m00./s1. The highest BCUT2D eigenvalue weighted by Gasteiger charge is 2.45. The quantitative estimate of drug-likeness (QED) is 0.105. The third-order valence-electron chi connectivity index (χ3n) is 6.35. The van der Waals surface area contributed by atoms with Crippen molar-refractivity contribution < 1.29 is 91.2 Å². The van der Waals surface area contributed by atoms with Crippen LogP contribution in [0.5, 0.6) is 0 Å². The van der Waals surface area contributed by atoms with Crippen LogP contribution >= 0.6 is 22.8 Å². The molecular weight excluding hydrogens is 673 g/mol. The van der Waals surface area contributed by atoms with Crippen LogP contribution < -0.4 is 14.7 Å². The Balaban J connectivity index is 0.000000779. The highest BCUT2D eigenvalue weighted by Crippen LogP contribution is 2.42. The third-order valence-corrected chi connectivity index (χ3v) is 8.27. The molecule has 2 aliphatic rings. The molecule has 0 saturated carbocycles. The SMILES string of the molecule is COCC(O)C(O)C(O)CO[C@@H]1O[C@H](CO)C(OP(C)(=O)[O-])[C@@H]1C.COP(C)(=O)[O-].CO[C@@H]1O[C@H](CO)C(OP(C)(=O)[O-])[C@@H]1C. The molecule has 0 aromatic rings. The summed E-state index contributed by atoms with van der Waals surface area (Å²) in [5, 5.41) is 47.4. The molecule has 2 heterocycles. The lowest BCUT2D eigenvalue weighted by Gasteiger charge is -2.27. The van der Waals surface area contributed by atoms with E-state index in [0.29, 0.717) is 0 Å². The van der Waals surface area contributed by atoms with E-state index in [0.717, 1.165) is 27.1 Å². The molecule has 0 aliphatic carbocycles. The summed E-state index contributed by atoms with van der Waals surface area (Å²) in [5.74, 6) is -0.785. The first-order valence-electron chi connectivity index (χ1n) is 13.5. The van der Waals surface area contributed by atoms with Gasteiger partial charge in [-0.05, 0) is 0 Å². The van der Waals surface area contributed by atoms with Crippen LogP contribution in [0.3, 0.4) is 0 Å². The van der Waals surface area contributed by atoms with Gasteiger partial charge in [0.2, 0.25) is 0 Å². The zero-order valence-electron chi connectivity index (χ0n) is 26.5. The minimum Gasteiger partial charge on any atom is -0.779 e. The van der Waals surface area contributed by atoms with Crippen molar-refractivity contribution in [3.63, 3.8) is 0 Å². The van der Waals surface area contributed by atoms with Gasteiger partial charge in [0.15, 0.2) is 12.6 Å². The third kappa shape index (κ3) is 17.3. The zero-order chi connectivity index (χ0) is 35.3. The maximum atomic E-state index is 11.3. The molecule has 0 radical (unpaired) electrons. The smallest absolute Gasteiger partial charge is 0.163 e. The summed E-state index contributed by atoms with van der Waals surface area (Å²) in [7, 11) is -7.34. The molecule has 0 spiro atoms. The van der Waals surface area contributed by atoms with E-state index in [9.17, 15) is 48.8 Å². The Morgan fingerprint density at radius 1 is 0.711 bits per heavy atom. The van der Waals surface area contributed by atoms with E-state index in [1.807, 2.05) is 0 Å². The lowest BCUT2D eigenvalue weighted by atomic mass is 10.0. The van der Waals surface area contributed by atoms with Gasteiger partial charge < -0.3 is 91.2 Å². The number of ether oxygens (including phenoxy) is 5. The van der Waals surface area contributed by atoms with Crippen LogP contribution in [-0.2, 0) is 51.0 Å². The Labute approximate surface area is 262 Å². The van der Waals surface area contributed by atoms with Gasteiger partial charge in [0.25, 0.3) is 0 Å². The molecule has 0 aromatic heterocycles. The second-order valence-corrected chi connectivity index (χ2v) is 15.9. The average Bonchev–Trinajstić information content (AvgIpc) is 3.39. The molecule has 2 saturated heterocycles. The molecule has 45 heavy (non-hydrogen) atoms. The molecule has 0 bridgehead atoms. The lowest BCUT2D eigenvalue weighted by Crippen LogP contribution is -2.43. The Bertz CT molecular complexity index is 954. The second-order valence-electron chi connectivity index (χ2n) is 10.5. The maximum absolute atomic E-state index is 11.3. The Kier molecular flexibility index (Phi) is 20.6. The summed E-state index contributed by atoms with van der Waals surface area (Å²) < 4.78 is 71.5. The van der Waals surface area contributed by atoms with E-state index < -0.39 is 90.6 Å². The fourth-order valence-electron chi connectivity index (χ4n) is 4.08. The largest absolute Gasteiger partial charge is 0.779 e. The zero-order valence-corrected chi connectivity index (χ0v) is 29.2. The van der Waals surface area contributed by atoms with Crippen molar-refractivity contribution in [1.29, 1.82) is 0 Å². The molecule has 2 rings (SSSR count). The van der Waals surface area contributed by atoms with Crippen molar-refractivity contribution in [1.82, 2.24) is 0 Å². The maximum Gasteiger partial charge on any atom is 0.163 e. The van der Waals surface area contributed by atoms with E-state index in [1.54, 1.807) is 13.8 Å². The average molecular weight is 722 g/mol. The van der Waals surface area contributed by atoms with Crippen LogP contribution in [0.2, 0.25) is 0 Å². The van der Waals surface area contributed by atoms with E-state index in [4.69, 9.17) is 33.1 Å². The van der Waals surface area contributed by atoms with E-state index in [2.05, 4.69) is 9.26 Å². The molecule has 2 aliphatic heterocycles. The number of aliphatic hydroxyl groups excluding tert-OH is 5. The summed E-state index contributed by atoms with van der Waals surface area (Å²) in [4.78, 5) is 32.1. The molecule has 0 amide bonds. The highest BCUT2D eigenvalue weighted by atomic mass is 31.2. The first-order chi connectivity index (χ1) is 20.5. The Hall–Kier alpha value is 0.0500. The molecule has 0 aromatic carbocycles. The molecule has 14 atom stereocenters. The van der Waals surface area contributed by atoms with E-state index >= 15 is 0 Å². The van der Waals surface area contributed by atoms with Crippen LogP contribution in [-0.4, -0.2) is 149 Å². The van der Waals surface area contributed by atoms with Crippen molar-refractivity contribution in [3.8, 4) is 0 Å². The normalized spacial score (nSPS) is 34.1. The van der Waals surface area contributed by atoms with Crippen molar-refractivity contribution in [2.75, 3.05) is 67.8 Å². The molecule has 8 unspecified atom stereocenters. The van der Waals surface area contributed by atoms with Gasteiger partial charge in [0.05, 0.1) is 38.6 Å². The second kappa shape index (κ2) is 20.5. The summed E-state index contributed by atoms with van der Waals surface area (Å²) in [5.41, 5.74) is 0. The predicted molar refractivity (Wildman–Crippen MR) is 150 cm³/mol. The fraction of sp³-hybridized carbons (Fsp3) is 1.00. The van der Waals surface area contributed by atoms with Gasteiger partial charge in [-0.15, -0.1) is 0 Å². The minimum absolute atomic E-state index is 0.160. The molecule has 2 fully saturated rings. The van der Waals surface area contributed by atoms with Crippen LogP contribution in [0, 0.1) is 11.8 Å². The molecule has 272 valence electrons. The van der Waals surface area contributed by atoms with Gasteiger partial charge in [-0.1, -0.05) is 13.8 Å². The predicted octanol–water partition coefficient (Wildman–Crippen LogP) is -2.98. The van der Waals surface area contributed by atoms with Gasteiger partial charge in [0.1, 0.15) is 53.3 Å². The molecule has 5 N–H and O–H groups in total. The number of hydrogen-bond acceptors (Lipinski definition) is 19. The lowest BCUT2D eigenvalue weighted by molar-refractivity contribution is -0.204. The number of methoxy groups -OCH3 is 2. The fourth-order valence-corrected chi connectivity index (χ4v) is 5.62. The number of hydrogen-bond donors (Lipinski definition) is 5. The van der Waals surface area contributed by atoms with Gasteiger partial charge in [-0.25, -0.2) is 0 Å². The topological polar surface area (TPSA) is 295 Å². The van der Waals surface area contributed by atoms with Crippen LogP contribution in [0.25, 0.3) is 0 Å². The monoisotopic (exact) mass is 721 g/mol. The number of rotatable bonds is 15. The first kappa shape index (κ1) is 45.0. The van der Waals surface area contributed by atoms with Gasteiger partial charge >= 0.3 is 0 Å². The highest BCUT2D eigenvalue weighted by molar-refractivity contribution is 7.50. The molecule has 22 heteroatoms. The Morgan fingerprint density at radius 3 is 1.42 bits per heavy atom. The van der Waals surface area contributed by atoms with Crippen molar-refractivity contribution in [2.45, 2.75) is 69.2 Å². The number of aliphatic hydroxyl groups is 5.